The van der Waals surface area contributed by atoms with Crippen molar-refractivity contribution in [3.05, 3.63) is 54.9 Å². The minimum Gasteiger partial charge on any atom is -0.464 e. The van der Waals surface area contributed by atoms with E-state index in [2.05, 4.69) is 61.9 Å². The maximum atomic E-state index is 5.52. The molecule has 0 aliphatic rings. The van der Waals surface area contributed by atoms with Crippen LogP contribution >= 0.6 is 0 Å². The third-order valence-corrected chi connectivity index (χ3v) is 3.30. The molecule has 0 bridgehead atoms. The van der Waals surface area contributed by atoms with Crippen LogP contribution in [-0.2, 0) is 5.54 Å². The molecule has 2 aromatic heterocycles. The van der Waals surface area contributed by atoms with Crippen molar-refractivity contribution in [1.29, 1.82) is 0 Å². The van der Waals surface area contributed by atoms with Gasteiger partial charge in [0.2, 0.25) is 5.52 Å². The van der Waals surface area contributed by atoms with E-state index in [1.54, 1.807) is 6.26 Å². The van der Waals surface area contributed by atoms with Gasteiger partial charge in [0.15, 0.2) is 11.7 Å². The number of para-hydroxylation sites is 1. The van der Waals surface area contributed by atoms with E-state index in [4.69, 9.17) is 4.42 Å². The van der Waals surface area contributed by atoms with Gasteiger partial charge in [-0.3, -0.25) is 0 Å². The Morgan fingerprint density at radius 1 is 1.00 bits per heavy atom. The smallest absolute Gasteiger partial charge is 0.212 e. The summed E-state index contributed by atoms with van der Waals surface area (Å²) in [6.45, 7) is 6.64. The fourth-order valence-corrected chi connectivity index (χ4v) is 2.37. The average molecular weight is 252 g/mol. The molecule has 1 aromatic carbocycles. The van der Waals surface area contributed by atoms with Crippen LogP contribution in [-0.4, -0.2) is 0 Å². The third kappa shape index (κ3) is 2.14. The topological polar surface area (TPSA) is 17.0 Å². The first-order valence-electron chi connectivity index (χ1n) is 6.54. The Kier molecular flexibility index (Phi) is 2.67. The lowest BCUT2D eigenvalue weighted by Gasteiger charge is -2.16. The van der Waals surface area contributed by atoms with Crippen molar-refractivity contribution in [3.8, 4) is 11.3 Å². The van der Waals surface area contributed by atoms with Crippen molar-refractivity contribution in [2.45, 2.75) is 26.3 Å². The molecular weight excluding hydrogens is 234 g/mol. The van der Waals surface area contributed by atoms with Crippen LogP contribution in [0.15, 0.2) is 59.3 Å². The Bertz CT molecular complexity index is 706. The van der Waals surface area contributed by atoms with Crippen molar-refractivity contribution in [2.75, 3.05) is 0 Å². The summed E-state index contributed by atoms with van der Waals surface area (Å²) in [7, 11) is 0. The Morgan fingerprint density at radius 2 is 1.79 bits per heavy atom. The second kappa shape index (κ2) is 4.23. The van der Waals surface area contributed by atoms with Crippen molar-refractivity contribution in [2.24, 2.45) is 0 Å². The average Bonchev–Trinajstić information content (AvgIpc) is 2.90. The molecule has 0 aliphatic heterocycles. The molecule has 0 spiro atoms. The summed E-state index contributed by atoms with van der Waals surface area (Å²) in [5.74, 6) is 0.906. The highest BCUT2D eigenvalue weighted by atomic mass is 16.3. The van der Waals surface area contributed by atoms with Gasteiger partial charge in [-0.1, -0.05) is 12.1 Å². The first kappa shape index (κ1) is 12.0. The van der Waals surface area contributed by atoms with E-state index in [0.29, 0.717) is 0 Å². The van der Waals surface area contributed by atoms with E-state index in [1.807, 2.05) is 12.1 Å². The van der Waals surface area contributed by atoms with Gasteiger partial charge in [0.05, 0.1) is 11.8 Å². The number of benzene rings is 1. The predicted octanol–water partition coefficient (Wildman–Crippen LogP) is 4.14. The van der Waals surface area contributed by atoms with Crippen LogP contribution in [0.25, 0.3) is 22.2 Å². The molecular formula is C17H18NO+. The highest BCUT2D eigenvalue weighted by Crippen LogP contribution is 2.24. The zero-order chi connectivity index (χ0) is 13.5. The molecule has 0 radical (unpaired) electrons. The zero-order valence-corrected chi connectivity index (χ0v) is 11.6. The van der Waals surface area contributed by atoms with Crippen molar-refractivity contribution in [3.63, 3.8) is 0 Å². The van der Waals surface area contributed by atoms with E-state index in [1.165, 1.54) is 10.9 Å². The molecule has 0 amide bonds. The Hall–Kier alpha value is -2.09. The van der Waals surface area contributed by atoms with Crippen LogP contribution in [0.3, 0.4) is 0 Å². The third-order valence-electron chi connectivity index (χ3n) is 3.30. The van der Waals surface area contributed by atoms with Gasteiger partial charge in [0, 0.05) is 32.2 Å². The first-order chi connectivity index (χ1) is 9.05. The lowest BCUT2D eigenvalue weighted by Crippen LogP contribution is -2.50. The molecule has 3 rings (SSSR count). The summed E-state index contributed by atoms with van der Waals surface area (Å²) in [6, 6.07) is 14.5. The van der Waals surface area contributed by atoms with Gasteiger partial charge in [0.25, 0.3) is 0 Å². The molecule has 0 saturated carbocycles. The maximum absolute atomic E-state index is 5.52. The van der Waals surface area contributed by atoms with E-state index >= 15 is 0 Å². The Balaban J connectivity index is 2.33. The van der Waals surface area contributed by atoms with Gasteiger partial charge in [-0.15, -0.1) is 0 Å². The molecule has 3 aromatic rings. The minimum atomic E-state index is 0.0300. The molecule has 0 unspecified atom stereocenters. The van der Waals surface area contributed by atoms with Gasteiger partial charge in [-0.25, -0.2) is 0 Å². The molecule has 0 atom stereocenters. The van der Waals surface area contributed by atoms with Gasteiger partial charge in [-0.2, -0.15) is 4.57 Å². The minimum absolute atomic E-state index is 0.0300. The normalized spacial score (nSPS) is 11.9. The number of furan rings is 1. The van der Waals surface area contributed by atoms with E-state index in [9.17, 15) is 0 Å². The lowest BCUT2D eigenvalue weighted by atomic mass is 10.0. The van der Waals surface area contributed by atoms with Crippen LogP contribution in [0.4, 0.5) is 0 Å². The summed E-state index contributed by atoms with van der Waals surface area (Å²) in [5.41, 5.74) is 2.38. The fraction of sp³-hybridized carbons (Fsp3) is 0.235. The highest BCUT2D eigenvalue weighted by molar-refractivity contribution is 5.79. The number of hydrogen-bond acceptors (Lipinski definition) is 1. The molecule has 0 fully saturated rings. The lowest BCUT2D eigenvalue weighted by molar-refractivity contribution is -0.730. The Morgan fingerprint density at radius 3 is 2.47 bits per heavy atom. The second-order valence-electron chi connectivity index (χ2n) is 5.81. The van der Waals surface area contributed by atoms with Crippen molar-refractivity contribution >= 4 is 10.9 Å². The Labute approximate surface area is 113 Å². The number of nitrogens with zero attached hydrogens (tertiary/aromatic N) is 1. The van der Waals surface area contributed by atoms with E-state index in [0.717, 1.165) is 11.3 Å². The van der Waals surface area contributed by atoms with Gasteiger partial charge >= 0.3 is 0 Å². The van der Waals surface area contributed by atoms with Gasteiger partial charge in [0.1, 0.15) is 5.76 Å². The predicted molar refractivity (Wildman–Crippen MR) is 76.8 cm³/mol. The van der Waals surface area contributed by atoms with Crippen LogP contribution < -0.4 is 4.57 Å². The second-order valence-corrected chi connectivity index (χ2v) is 5.81. The van der Waals surface area contributed by atoms with E-state index in [-0.39, 0.29) is 5.54 Å². The molecule has 0 saturated heterocycles. The molecule has 2 nitrogen and oxygen atoms in total. The largest absolute Gasteiger partial charge is 0.464 e. The summed E-state index contributed by atoms with van der Waals surface area (Å²) in [4.78, 5) is 0. The van der Waals surface area contributed by atoms with Crippen LogP contribution in [0, 0.1) is 0 Å². The van der Waals surface area contributed by atoms with Crippen molar-refractivity contribution < 1.29 is 8.98 Å². The highest BCUT2D eigenvalue weighted by Gasteiger charge is 2.25. The number of hydrogen-bond donors (Lipinski definition) is 0. The molecule has 2 heteroatoms. The van der Waals surface area contributed by atoms with Crippen LogP contribution in [0.2, 0.25) is 0 Å². The number of aromatic nitrogens is 1. The molecule has 2 heterocycles. The quantitative estimate of drug-likeness (QED) is 0.595. The standard InChI is InChI=1S/C17H18NO/c1-17(2,3)18-12-14(16-9-6-10-19-16)11-13-7-4-5-8-15(13)18/h4-12H,1-3H3/q+1. The number of fused-ring (bicyclic) bond motifs is 1. The SMILES string of the molecule is CC(C)(C)[n+]1cc(-c2ccco2)cc2ccccc21. The maximum Gasteiger partial charge on any atom is 0.212 e. The molecule has 19 heavy (non-hydrogen) atoms. The zero-order valence-electron chi connectivity index (χ0n) is 11.6. The number of pyridine rings is 1. The monoisotopic (exact) mass is 252 g/mol. The van der Waals surface area contributed by atoms with Crippen LogP contribution in [0.5, 0.6) is 0 Å². The summed E-state index contributed by atoms with van der Waals surface area (Å²) in [5, 5.41) is 1.23. The fourth-order valence-electron chi connectivity index (χ4n) is 2.37. The summed E-state index contributed by atoms with van der Waals surface area (Å²) < 4.78 is 7.83. The molecule has 96 valence electrons. The van der Waals surface area contributed by atoms with Crippen LogP contribution in [0.1, 0.15) is 20.8 Å². The number of rotatable bonds is 1. The molecule has 0 N–H and O–H groups in total. The first-order valence-corrected chi connectivity index (χ1v) is 6.54. The van der Waals surface area contributed by atoms with Crippen molar-refractivity contribution in [1.82, 2.24) is 0 Å². The summed E-state index contributed by atoms with van der Waals surface area (Å²) >= 11 is 0. The van der Waals surface area contributed by atoms with Gasteiger partial charge in [-0.05, 0) is 24.3 Å². The summed E-state index contributed by atoms with van der Waals surface area (Å²) in [6.07, 6.45) is 3.88. The molecule has 0 aliphatic carbocycles. The van der Waals surface area contributed by atoms with Gasteiger partial charge < -0.3 is 4.42 Å². The van der Waals surface area contributed by atoms with E-state index < -0.39 is 0 Å².